The van der Waals surface area contributed by atoms with E-state index in [-0.39, 0.29) is 5.71 Å². The molecule has 132 valence electrons. The Morgan fingerprint density at radius 2 is 1.84 bits per heavy atom. The molecule has 0 saturated heterocycles. The summed E-state index contributed by atoms with van der Waals surface area (Å²) in [5.74, 6) is -2.52. The van der Waals surface area contributed by atoms with Crippen molar-refractivity contribution in [1.29, 1.82) is 0 Å². The second-order valence-electron chi connectivity index (χ2n) is 6.56. The molecule has 1 aliphatic carbocycles. The Kier molecular flexibility index (Phi) is 3.61. The molecule has 1 saturated carbocycles. The summed E-state index contributed by atoms with van der Waals surface area (Å²) < 4.78 is 40.2. The predicted molar refractivity (Wildman–Crippen MR) is 83.6 cm³/mol. The van der Waals surface area contributed by atoms with Crippen LogP contribution in [-0.4, -0.2) is 32.6 Å². The number of rotatable bonds is 4. The Morgan fingerprint density at radius 1 is 1.16 bits per heavy atom. The van der Waals surface area contributed by atoms with Crippen molar-refractivity contribution >= 4 is 5.71 Å². The molecule has 1 aromatic carbocycles. The van der Waals surface area contributed by atoms with Gasteiger partial charge in [0.25, 0.3) is 0 Å². The van der Waals surface area contributed by atoms with E-state index >= 15 is 0 Å². The zero-order valence-corrected chi connectivity index (χ0v) is 13.2. The lowest BCUT2D eigenvalue weighted by Crippen LogP contribution is -2.45. The molecule has 5 nitrogen and oxygen atoms in total. The standard InChI is InChI=1S/C17H16F3N3O2/c18-17(19,20)16(24)7-15(22-25-16)13-5-3-12(4-6-13)14-8-21-23(10-14)9-11-1-2-11/h3-6,8,10-11,24H,1-2,7,9H2. The van der Waals surface area contributed by atoms with Crippen LogP contribution in [0.2, 0.25) is 0 Å². The molecular weight excluding hydrogens is 335 g/mol. The maximum absolute atomic E-state index is 12.8. The molecule has 1 aromatic heterocycles. The van der Waals surface area contributed by atoms with Crippen molar-refractivity contribution in [3.05, 3.63) is 42.2 Å². The average Bonchev–Trinajstić information content (AvgIpc) is 3.08. The summed E-state index contributed by atoms with van der Waals surface area (Å²) in [6, 6.07) is 6.92. The second-order valence-corrected chi connectivity index (χ2v) is 6.56. The molecule has 1 aliphatic heterocycles. The molecule has 25 heavy (non-hydrogen) atoms. The monoisotopic (exact) mass is 351 g/mol. The van der Waals surface area contributed by atoms with Crippen LogP contribution < -0.4 is 0 Å². The highest BCUT2D eigenvalue weighted by atomic mass is 19.4. The van der Waals surface area contributed by atoms with Gasteiger partial charge in [-0.05, 0) is 29.9 Å². The van der Waals surface area contributed by atoms with Gasteiger partial charge in [-0.3, -0.25) is 4.68 Å². The fraction of sp³-hybridized carbons (Fsp3) is 0.412. The van der Waals surface area contributed by atoms with Crippen LogP contribution >= 0.6 is 0 Å². The quantitative estimate of drug-likeness (QED) is 0.919. The second kappa shape index (κ2) is 5.59. The Labute approximate surface area is 141 Å². The summed E-state index contributed by atoms with van der Waals surface area (Å²) in [7, 11) is 0. The van der Waals surface area contributed by atoms with Gasteiger partial charge in [0.05, 0.1) is 18.3 Å². The third kappa shape index (κ3) is 3.13. The van der Waals surface area contributed by atoms with Gasteiger partial charge in [-0.1, -0.05) is 29.4 Å². The van der Waals surface area contributed by atoms with Gasteiger partial charge >= 0.3 is 12.0 Å². The van der Waals surface area contributed by atoms with Crippen LogP contribution in [0.5, 0.6) is 0 Å². The van der Waals surface area contributed by atoms with Crippen LogP contribution in [0.25, 0.3) is 11.1 Å². The SMILES string of the molecule is OC1(C(F)(F)F)CC(c2ccc(-c3cnn(CC4CC4)c3)cc2)=NO1. The highest BCUT2D eigenvalue weighted by Gasteiger charge is 2.60. The number of aliphatic hydroxyl groups is 1. The van der Waals surface area contributed by atoms with E-state index in [1.54, 1.807) is 30.5 Å². The Morgan fingerprint density at radius 3 is 2.44 bits per heavy atom. The lowest BCUT2D eigenvalue weighted by molar-refractivity contribution is -0.355. The number of hydrogen-bond donors (Lipinski definition) is 1. The summed E-state index contributed by atoms with van der Waals surface area (Å²) >= 11 is 0. The van der Waals surface area contributed by atoms with Gasteiger partial charge in [-0.2, -0.15) is 18.3 Å². The molecule has 0 amide bonds. The first kappa shape index (κ1) is 16.1. The highest BCUT2D eigenvalue weighted by Crippen LogP contribution is 2.39. The van der Waals surface area contributed by atoms with E-state index in [9.17, 15) is 18.3 Å². The van der Waals surface area contributed by atoms with Crippen LogP contribution in [0.4, 0.5) is 13.2 Å². The van der Waals surface area contributed by atoms with Crippen molar-refractivity contribution in [3.63, 3.8) is 0 Å². The molecular formula is C17H16F3N3O2. The van der Waals surface area contributed by atoms with Gasteiger partial charge < -0.3 is 9.94 Å². The summed E-state index contributed by atoms with van der Waals surface area (Å²) in [5.41, 5.74) is 2.41. The molecule has 2 heterocycles. The van der Waals surface area contributed by atoms with E-state index in [1.807, 2.05) is 10.9 Å². The summed E-state index contributed by atoms with van der Waals surface area (Å²) in [6.07, 6.45) is 0.613. The summed E-state index contributed by atoms with van der Waals surface area (Å²) in [4.78, 5) is 4.24. The van der Waals surface area contributed by atoms with Gasteiger partial charge in [-0.15, -0.1) is 0 Å². The average molecular weight is 351 g/mol. The number of aromatic nitrogens is 2. The lowest BCUT2D eigenvalue weighted by atomic mass is 10.00. The Hall–Kier alpha value is -2.35. The van der Waals surface area contributed by atoms with Crippen molar-refractivity contribution in [2.45, 2.75) is 37.8 Å². The summed E-state index contributed by atoms with van der Waals surface area (Å²) in [6.45, 7) is 0.919. The maximum Gasteiger partial charge on any atom is 0.458 e. The largest absolute Gasteiger partial charge is 0.458 e. The Bertz CT molecular complexity index is 809. The van der Waals surface area contributed by atoms with Crippen LogP contribution in [0.15, 0.2) is 41.8 Å². The molecule has 2 aliphatic rings. The van der Waals surface area contributed by atoms with E-state index in [2.05, 4.69) is 15.1 Å². The van der Waals surface area contributed by atoms with Crippen molar-refractivity contribution in [1.82, 2.24) is 9.78 Å². The zero-order valence-electron chi connectivity index (χ0n) is 13.2. The first-order valence-corrected chi connectivity index (χ1v) is 8.01. The number of hydrogen-bond acceptors (Lipinski definition) is 4. The summed E-state index contributed by atoms with van der Waals surface area (Å²) in [5, 5.41) is 17.2. The fourth-order valence-corrected chi connectivity index (χ4v) is 2.76. The van der Waals surface area contributed by atoms with Gasteiger partial charge in [0.2, 0.25) is 0 Å². The van der Waals surface area contributed by atoms with Gasteiger partial charge in [-0.25, -0.2) is 0 Å². The van der Waals surface area contributed by atoms with Crippen molar-refractivity contribution in [3.8, 4) is 11.1 Å². The van der Waals surface area contributed by atoms with Crippen LogP contribution in [0, 0.1) is 5.92 Å². The number of benzene rings is 1. The molecule has 1 unspecified atom stereocenters. The minimum Gasteiger partial charge on any atom is -0.350 e. The first-order valence-electron chi connectivity index (χ1n) is 8.01. The smallest absolute Gasteiger partial charge is 0.350 e. The molecule has 1 fully saturated rings. The van der Waals surface area contributed by atoms with E-state index in [1.165, 1.54) is 12.8 Å². The minimum atomic E-state index is -4.89. The lowest BCUT2D eigenvalue weighted by Gasteiger charge is -2.22. The number of halogens is 3. The van der Waals surface area contributed by atoms with E-state index in [0.717, 1.165) is 23.6 Å². The zero-order chi connectivity index (χ0) is 17.7. The number of alkyl halides is 3. The van der Waals surface area contributed by atoms with Crippen molar-refractivity contribution in [2.24, 2.45) is 11.1 Å². The van der Waals surface area contributed by atoms with Crippen molar-refractivity contribution < 1.29 is 23.1 Å². The molecule has 1 N–H and O–H groups in total. The minimum absolute atomic E-state index is 0.0656. The molecule has 8 heteroatoms. The van der Waals surface area contributed by atoms with Crippen LogP contribution in [-0.2, 0) is 11.4 Å². The first-order chi connectivity index (χ1) is 11.8. The Balaban J connectivity index is 1.48. The van der Waals surface area contributed by atoms with E-state index in [4.69, 9.17) is 0 Å². The molecule has 0 spiro atoms. The molecule has 2 aromatic rings. The molecule has 4 rings (SSSR count). The van der Waals surface area contributed by atoms with E-state index < -0.39 is 18.4 Å². The highest BCUT2D eigenvalue weighted by molar-refractivity contribution is 6.01. The number of nitrogens with zero attached hydrogens (tertiary/aromatic N) is 3. The predicted octanol–water partition coefficient (Wildman–Crippen LogP) is 3.34. The number of oxime groups is 1. The normalized spacial score (nSPS) is 23.4. The molecule has 1 atom stereocenters. The van der Waals surface area contributed by atoms with Gasteiger partial charge in [0.1, 0.15) is 0 Å². The van der Waals surface area contributed by atoms with Crippen molar-refractivity contribution in [2.75, 3.05) is 0 Å². The van der Waals surface area contributed by atoms with Gasteiger partial charge in [0.15, 0.2) is 0 Å². The molecule has 0 radical (unpaired) electrons. The molecule has 0 bridgehead atoms. The van der Waals surface area contributed by atoms with E-state index in [0.29, 0.717) is 5.56 Å². The maximum atomic E-state index is 12.8. The fourth-order valence-electron chi connectivity index (χ4n) is 2.76. The van der Waals surface area contributed by atoms with Crippen LogP contribution in [0.3, 0.4) is 0 Å². The topological polar surface area (TPSA) is 59.6 Å². The third-order valence-electron chi connectivity index (χ3n) is 4.48. The van der Waals surface area contributed by atoms with Gasteiger partial charge in [0, 0.05) is 18.3 Å². The van der Waals surface area contributed by atoms with Crippen LogP contribution in [0.1, 0.15) is 24.8 Å². The third-order valence-corrected chi connectivity index (χ3v) is 4.48.